The van der Waals surface area contributed by atoms with Gasteiger partial charge in [-0.05, 0) is 35.0 Å². The minimum absolute atomic E-state index is 0.790. The molecule has 1 aromatic carbocycles. The van der Waals surface area contributed by atoms with E-state index in [2.05, 4.69) is 36.3 Å². The lowest BCUT2D eigenvalue weighted by atomic mass is 10.3. The maximum Gasteiger partial charge on any atom is 0.168 e. The molecule has 2 heterocycles. The molecule has 0 spiro atoms. The summed E-state index contributed by atoms with van der Waals surface area (Å²) in [5.74, 6) is 0.811. The van der Waals surface area contributed by atoms with Crippen molar-refractivity contribution >= 4 is 32.8 Å². The van der Waals surface area contributed by atoms with Gasteiger partial charge in [-0.15, -0.1) is 0 Å². The average molecular weight is 318 g/mol. The molecule has 0 aliphatic heterocycles. The highest BCUT2D eigenvalue weighted by molar-refractivity contribution is 9.10. The average Bonchev–Trinajstić information content (AvgIpc) is 2.85. The van der Waals surface area contributed by atoms with E-state index < -0.39 is 0 Å². The molecule has 0 saturated carbocycles. The summed E-state index contributed by atoms with van der Waals surface area (Å²) in [5, 5.41) is 8.54. The third-order valence-corrected chi connectivity index (χ3v) is 3.46. The lowest BCUT2D eigenvalue weighted by Crippen LogP contribution is -2.02. The first kappa shape index (κ1) is 12.1. The Kier molecular flexibility index (Phi) is 3.16. The molecule has 6 heteroatoms. The van der Waals surface area contributed by atoms with Crippen molar-refractivity contribution in [2.45, 2.75) is 6.92 Å². The van der Waals surface area contributed by atoms with Crippen molar-refractivity contribution in [2.75, 3.05) is 11.9 Å². The van der Waals surface area contributed by atoms with E-state index in [1.54, 1.807) is 12.5 Å². The van der Waals surface area contributed by atoms with Gasteiger partial charge in [0.05, 0.1) is 17.3 Å². The van der Waals surface area contributed by atoms with Crippen molar-refractivity contribution in [3.8, 4) is 5.69 Å². The molecule has 19 heavy (non-hydrogen) atoms. The van der Waals surface area contributed by atoms with Gasteiger partial charge >= 0.3 is 0 Å². The fourth-order valence-corrected chi connectivity index (χ4v) is 2.40. The summed E-state index contributed by atoms with van der Waals surface area (Å²) in [7, 11) is 0. The number of aromatic nitrogens is 4. The molecule has 0 amide bonds. The molecule has 0 radical (unpaired) electrons. The number of nitrogens with zero attached hydrogens (tertiary/aromatic N) is 4. The standard InChI is InChI=1S/C13H12BrN5/c1-2-15-12-9-7-18-19(13(9)17-8-16-12)11-6-4-3-5-10(11)14/h3-8H,2H2,1H3,(H,15,16,17). The first-order valence-electron chi connectivity index (χ1n) is 5.98. The number of rotatable bonds is 3. The van der Waals surface area contributed by atoms with Crippen LogP contribution in [-0.2, 0) is 0 Å². The van der Waals surface area contributed by atoms with Gasteiger partial charge in [-0.1, -0.05) is 12.1 Å². The lowest BCUT2D eigenvalue weighted by Gasteiger charge is -2.06. The Hall–Kier alpha value is -1.95. The van der Waals surface area contributed by atoms with Crippen molar-refractivity contribution in [2.24, 2.45) is 0 Å². The number of hydrogen-bond donors (Lipinski definition) is 1. The predicted octanol–water partition coefficient (Wildman–Crippen LogP) is 3.01. The Morgan fingerprint density at radius 1 is 1.26 bits per heavy atom. The first-order valence-corrected chi connectivity index (χ1v) is 6.78. The second kappa shape index (κ2) is 4.97. The van der Waals surface area contributed by atoms with Crippen LogP contribution in [0.4, 0.5) is 5.82 Å². The number of anilines is 1. The number of halogens is 1. The first-order chi connectivity index (χ1) is 9.31. The zero-order valence-corrected chi connectivity index (χ0v) is 11.9. The zero-order valence-electron chi connectivity index (χ0n) is 10.3. The van der Waals surface area contributed by atoms with Crippen molar-refractivity contribution in [3.63, 3.8) is 0 Å². The molecule has 3 aromatic rings. The largest absolute Gasteiger partial charge is 0.370 e. The molecule has 0 bridgehead atoms. The maximum atomic E-state index is 4.41. The van der Waals surface area contributed by atoms with Gasteiger partial charge in [0.1, 0.15) is 12.1 Å². The van der Waals surface area contributed by atoms with Gasteiger partial charge in [-0.25, -0.2) is 14.6 Å². The minimum atomic E-state index is 0.790. The van der Waals surface area contributed by atoms with Crippen LogP contribution in [0.2, 0.25) is 0 Å². The highest BCUT2D eigenvalue weighted by Crippen LogP contribution is 2.25. The highest BCUT2D eigenvalue weighted by atomic mass is 79.9. The van der Waals surface area contributed by atoms with Crippen molar-refractivity contribution in [3.05, 3.63) is 41.3 Å². The van der Waals surface area contributed by atoms with Crippen molar-refractivity contribution < 1.29 is 0 Å². The van der Waals surface area contributed by atoms with Crippen molar-refractivity contribution in [1.29, 1.82) is 0 Å². The van der Waals surface area contributed by atoms with Crippen molar-refractivity contribution in [1.82, 2.24) is 19.7 Å². The monoisotopic (exact) mass is 317 g/mol. The molecule has 96 valence electrons. The normalized spacial score (nSPS) is 10.8. The van der Waals surface area contributed by atoms with E-state index in [0.717, 1.165) is 33.6 Å². The SMILES string of the molecule is CCNc1ncnc2c1cnn2-c1ccccc1Br. The summed E-state index contributed by atoms with van der Waals surface area (Å²) in [6.07, 6.45) is 3.34. The van der Waals surface area contributed by atoms with Crippen LogP contribution in [0.3, 0.4) is 0 Å². The van der Waals surface area contributed by atoms with Gasteiger partial charge in [0.25, 0.3) is 0 Å². The van der Waals surface area contributed by atoms with E-state index in [1.165, 1.54) is 0 Å². The lowest BCUT2D eigenvalue weighted by molar-refractivity contribution is 0.891. The fourth-order valence-electron chi connectivity index (χ4n) is 1.95. The molecule has 5 nitrogen and oxygen atoms in total. The Morgan fingerprint density at radius 3 is 2.89 bits per heavy atom. The molecule has 0 fully saturated rings. The van der Waals surface area contributed by atoms with Gasteiger partial charge in [0.2, 0.25) is 0 Å². The van der Waals surface area contributed by atoms with E-state index in [9.17, 15) is 0 Å². The van der Waals surface area contributed by atoms with Gasteiger partial charge in [0, 0.05) is 11.0 Å². The van der Waals surface area contributed by atoms with Crippen LogP contribution in [-0.4, -0.2) is 26.3 Å². The van der Waals surface area contributed by atoms with E-state index in [1.807, 2.05) is 35.9 Å². The summed E-state index contributed by atoms with van der Waals surface area (Å²) in [4.78, 5) is 8.57. The predicted molar refractivity (Wildman–Crippen MR) is 78.5 cm³/mol. The Balaban J connectivity index is 2.22. The van der Waals surface area contributed by atoms with Gasteiger partial charge < -0.3 is 5.32 Å². The molecular formula is C13H12BrN5. The van der Waals surface area contributed by atoms with Crippen LogP contribution in [0.25, 0.3) is 16.7 Å². The molecule has 2 aromatic heterocycles. The smallest absolute Gasteiger partial charge is 0.168 e. The van der Waals surface area contributed by atoms with Crippen LogP contribution >= 0.6 is 15.9 Å². The third kappa shape index (κ3) is 2.08. The molecule has 0 aliphatic carbocycles. The van der Waals surface area contributed by atoms with E-state index in [4.69, 9.17) is 0 Å². The molecule has 0 aliphatic rings. The Morgan fingerprint density at radius 2 is 2.11 bits per heavy atom. The van der Waals surface area contributed by atoms with Crippen LogP contribution in [0.1, 0.15) is 6.92 Å². The minimum Gasteiger partial charge on any atom is -0.370 e. The van der Waals surface area contributed by atoms with E-state index in [0.29, 0.717) is 0 Å². The van der Waals surface area contributed by atoms with E-state index >= 15 is 0 Å². The Labute approximate surface area is 118 Å². The van der Waals surface area contributed by atoms with Gasteiger partial charge in [-0.3, -0.25) is 0 Å². The maximum absolute atomic E-state index is 4.41. The fraction of sp³-hybridized carbons (Fsp3) is 0.154. The zero-order chi connectivity index (χ0) is 13.2. The quantitative estimate of drug-likeness (QED) is 0.806. The van der Waals surface area contributed by atoms with Crippen LogP contribution < -0.4 is 5.32 Å². The topological polar surface area (TPSA) is 55.6 Å². The number of benzene rings is 1. The molecule has 3 rings (SSSR count). The Bertz CT molecular complexity index is 722. The van der Waals surface area contributed by atoms with Crippen LogP contribution in [0.15, 0.2) is 41.3 Å². The summed E-state index contributed by atoms with van der Waals surface area (Å²) >= 11 is 3.53. The second-order valence-corrected chi connectivity index (χ2v) is 4.85. The summed E-state index contributed by atoms with van der Waals surface area (Å²) < 4.78 is 2.78. The molecular weight excluding hydrogens is 306 g/mol. The molecule has 0 saturated heterocycles. The second-order valence-electron chi connectivity index (χ2n) is 4.00. The molecule has 0 unspecified atom stereocenters. The summed E-state index contributed by atoms with van der Waals surface area (Å²) in [6.45, 7) is 2.85. The summed E-state index contributed by atoms with van der Waals surface area (Å²) in [5.41, 5.74) is 1.75. The highest BCUT2D eigenvalue weighted by Gasteiger charge is 2.11. The third-order valence-electron chi connectivity index (χ3n) is 2.79. The van der Waals surface area contributed by atoms with E-state index in [-0.39, 0.29) is 0 Å². The molecule has 0 atom stereocenters. The van der Waals surface area contributed by atoms with Crippen LogP contribution in [0, 0.1) is 0 Å². The van der Waals surface area contributed by atoms with Crippen LogP contribution in [0.5, 0.6) is 0 Å². The number of fused-ring (bicyclic) bond motifs is 1. The van der Waals surface area contributed by atoms with Gasteiger partial charge in [0.15, 0.2) is 5.65 Å². The number of para-hydroxylation sites is 1. The number of hydrogen-bond acceptors (Lipinski definition) is 4. The number of nitrogens with one attached hydrogen (secondary N) is 1. The van der Waals surface area contributed by atoms with Gasteiger partial charge in [-0.2, -0.15) is 5.10 Å². The summed E-state index contributed by atoms with van der Waals surface area (Å²) in [6, 6.07) is 7.92. The molecule has 1 N–H and O–H groups in total.